The van der Waals surface area contributed by atoms with E-state index in [0.717, 1.165) is 75.3 Å². The fourth-order valence-corrected chi connectivity index (χ4v) is 4.78. The average molecular weight is 421 g/mol. The highest BCUT2D eigenvalue weighted by molar-refractivity contribution is 5.94. The highest BCUT2D eigenvalue weighted by Gasteiger charge is 2.24. The number of aromatic nitrogens is 1. The molecule has 0 aliphatic carbocycles. The molecular formula is C24H28N4O3. The van der Waals surface area contributed by atoms with Gasteiger partial charge >= 0.3 is 5.76 Å². The second-order valence-corrected chi connectivity index (χ2v) is 8.53. The number of nitrogens with one attached hydrogen (secondary N) is 2. The highest BCUT2D eigenvalue weighted by atomic mass is 16.4. The van der Waals surface area contributed by atoms with Gasteiger partial charge < -0.3 is 14.6 Å². The van der Waals surface area contributed by atoms with Crippen molar-refractivity contribution in [1.82, 2.24) is 20.1 Å². The van der Waals surface area contributed by atoms with E-state index in [2.05, 4.69) is 33.4 Å². The molecule has 0 radical (unpaired) electrons. The maximum Gasteiger partial charge on any atom is 0.417 e. The number of para-hydroxylation sites is 1. The number of aromatic amines is 1. The minimum absolute atomic E-state index is 0.124. The van der Waals surface area contributed by atoms with E-state index in [1.54, 1.807) is 0 Å². The van der Waals surface area contributed by atoms with Gasteiger partial charge in [-0.05, 0) is 55.6 Å². The SMILES string of the molecule is O=C(c1ccc(CN2CCC(c3cccc4[nH]c(=O)oc34)CC2)cc1)N1CCNCC1. The van der Waals surface area contributed by atoms with Crippen molar-refractivity contribution in [2.24, 2.45) is 0 Å². The largest absolute Gasteiger partial charge is 0.417 e. The molecule has 3 heterocycles. The summed E-state index contributed by atoms with van der Waals surface area (Å²) in [6, 6.07) is 14.0. The molecule has 162 valence electrons. The van der Waals surface area contributed by atoms with E-state index in [9.17, 15) is 9.59 Å². The molecule has 2 aliphatic rings. The summed E-state index contributed by atoms with van der Waals surface area (Å²) in [6.07, 6.45) is 2.07. The molecule has 2 fully saturated rings. The number of oxazole rings is 1. The van der Waals surface area contributed by atoms with Crippen LogP contribution in [0.15, 0.2) is 51.7 Å². The lowest BCUT2D eigenvalue weighted by Crippen LogP contribution is -2.46. The zero-order valence-corrected chi connectivity index (χ0v) is 17.6. The monoisotopic (exact) mass is 420 g/mol. The fourth-order valence-electron chi connectivity index (χ4n) is 4.78. The van der Waals surface area contributed by atoms with Crippen LogP contribution in [0.5, 0.6) is 0 Å². The van der Waals surface area contributed by atoms with E-state index in [4.69, 9.17) is 4.42 Å². The second-order valence-electron chi connectivity index (χ2n) is 8.53. The summed E-state index contributed by atoms with van der Waals surface area (Å²) in [6.45, 7) is 6.16. The van der Waals surface area contributed by atoms with Crippen molar-refractivity contribution in [2.75, 3.05) is 39.3 Å². The van der Waals surface area contributed by atoms with Crippen LogP contribution in [0.2, 0.25) is 0 Å². The topological polar surface area (TPSA) is 81.6 Å². The third kappa shape index (κ3) is 4.29. The smallest absolute Gasteiger partial charge is 0.408 e. The molecular weight excluding hydrogens is 392 g/mol. The Balaban J connectivity index is 1.19. The van der Waals surface area contributed by atoms with Crippen molar-refractivity contribution in [3.8, 4) is 0 Å². The van der Waals surface area contributed by atoms with Crippen LogP contribution in [0, 0.1) is 0 Å². The quantitative estimate of drug-likeness (QED) is 0.678. The zero-order chi connectivity index (χ0) is 21.2. The molecule has 0 atom stereocenters. The molecule has 0 saturated carbocycles. The molecule has 2 saturated heterocycles. The van der Waals surface area contributed by atoms with Gasteiger partial charge in [-0.15, -0.1) is 0 Å². The number of likely N-dealkylation sites (tertiary alicyclic amines) is 1. The predicted molar refractivity (Wildman–Crippen MR) is 119 cm³/mol. The lowest BCUT2D eigenvalue weighted by atomic mass is 9.88. The van der Waals surface area contributed by atoms with E-state index in [0.29, 0.717) is 11.5 Å². The van der Waals surface area contributed by atoms with Crippen LogP contribution >= 0.6 is 0 Å². The number of fused-ring (bicyclic) bond motifs is 1. The number of hydrogen-bond acceptors (Lipinski definition) is 5. The van der Waals surface area contributed by atoms with E-state index in [1.807, 2.05) is 29.2 Å². The third-order valence-corrected chi connectivity index (χ3v) is 6.52. The van der Waals surface area contributed by atoms with Crippen molar-refractivity contribution in [2.45, 2.75) is 25.3 Å². The number of H-pyrrole nitrogens is 1. The fraction of sp³-hybridized carbons (Fsp3) is 0.417. The lowest BCUT2D eigenvalue weighted by molar-refractivity contribution is 0.0736. The van der Waals surface area contributed by atoms with E-state index in [-0.39, 0.29) is 5.91 Å². The first-order chi connectivity index (χ1) is 15.2. The maximum atomic E-state index is 12.6. The minimum Gasteiger partial charge on any atom is -0.408 e. The van der Waals surface area contributed by atoms with Crippen LogP contribution in [-0.4, -0.2) is 60.0 Å². The Labute approximate surface area is 181 Å². The summed E-state index contributed by atoms with van der Waals surface area (Å²) >= 11 is 0. The number of rotatable bonds is 4. The summed E-state index contributed by atoms with van der Waals surface area (Å²) < 4.78 is 5.39. The molecule has 31 heavy (non-hydrogen) atoms. The molecule has 7 nitrogen and oxygen atoms in total. The first-order valence-electron chi connectivity index (χ1n) is 11.1. The van der Waals surface area contributed by atoms with Gasteiger partial charge in [0.1, 0.15) is 0 Å². The van der Waals surface area contributed by atoms with Gasteiger partial charge in [0, 0.05) is 43.9 Å². The van der Waals surface area contributed by atoms with Gasteiger partial charge in [0.25, 0.3) is 5.91 Å². The molecule has 2 aliphatic heterocycles. The molecule has 7 heteroatoms. The van der Waals surface area contributed by atoms with Crippen LogP contribution in [0.3, 0.4) is 0 Å². The van der Waals surface area contributed by atoms with Gasteiger partial charge in [-0.2, -0.15) is 0 Å². The standard InChI is InChI=1S/C24H28N4O3/c29-23(28-14-10-25-11-15-28)19-6-4-17(5-7-19)16-27-12-8-18(9-13-27)20-2-1-3-21-22(20)31-24(30)26-21/h1-7,18,25H,8-16H2,(H,26,30). The first-order valence-corrected chi connectivity index (χ1v) is 11.1. The third-order valence-electron chi connectivity index (χ3n) is 6.52. The van der Waals surface area contributed by atoms with Crippen molar-refractivity contribution in [3.05, 3.63) is 69.7 Å². The summed E-state index contributed by atoms with van der Waals surface area (Å²) in [7, 11) is 0. The maximum absolute atomic E-state index is 12.6. The van der Waals surface area contributed by atoms with Gasteiger partial charge in [0.2, 0.25) is 0 Å². The van der Waals surface area contributed by atoms with E-state index < -0.39 is 5.76 Å². The number of piperidine rings is 1. The zero-order valence-electron chi connectivity index (χ0n) is 17.6. The van der Waals surface area contributed by atoms with Crippen molar-refractivity contribution >= 4 is 17.0 Å². The summed E-state index contributed by atoms with van der Waals surface area (Å²) in [4.78, 5) is 31.3. The predicted octanol–water partition coefficient (Wildman–Crippen LogP) is 2.55. The number of carbonyl (C=O) groups is 1. The van der Waals surface area contributed by atoms with Crippen LogP contribution in [0.4, 0.5) is 0 Å². The van der Waals surface area contributed by atoms with E-state index in [1.165, 1.54) is 5.56 Å². The number of carbonyl (C=O) groups excluding carboxylic acids is 1. The van der Waals surface area contributed by atoms with Crippen LogP contribution in [0.25, 0.3) is 11.1 Å². The Morgan fingerprint density at radius 1 is 1.00 bits per heavy atom. The van der Waals surface area contributed by atoms with Gasteiger partial charge in [0.15, 0.2) is 5.58 Å². The molecule has 2 N–H and O–H groups in total. The van der Waals surface area contributed by atoms with Crippen molar-refractivity contribution < 1.29 is 9.21 Å². The minimum atomic E-state index is -0.390. The highest BCUT2D eigenvalue weighted by Crippen LogP contribution is 2.32. The average Bonchev–Trinajstić information content (AvgIpc) is 3.20. The van der Waals surface area contributed by atoms with Gasteiger partial charge in [-0.25, -0.2) is 4.79 Å². The number of amides is 1. The molecule has 2 aromatic carbocycles. The molecule has 0 spiro atoms. The molecule has 0 bridgehead atoms. The Morgan fingerprint density at radius 2 is 1.74 bits per heavy atom. The van der Waals surface area contributed by atoms with Gasteiger partial charge in [-0.3, -0.25) is 14.7 Å². The molecule has 1 amide bonds. The Morgan fingerprint density at radius 3 is 2.48 bits per heavy atom. The molecule has 1 aromatic heterocycles. The van der Waals surface area contributed by atoms with Crippen LogP contribution in [-0.2, 0) is 6.54 Å². The second kappa shape index (κ2) is 8.69. The molecule has 5 rings (SSSR count). The van der Waals surface area contributed by atoms with Crippen LogP contribution < -0.4 is 11.1 Å². The van der Waals surface area contributed by atoms with Crippen molar-refractivity contribution in [1.29, 1.82) is 0 Å². The Hall–Kier alpha value is -2.90. The normalized spacial score (nSPS) is 18.5. The number of piperazine rings is 1. The Kier molecular flexibility index (Phi) is 5.61. The van der Waals surface area contributed by atoms with E-state index >= 15 is 0 Å². The molecule has 0 unspecified atom stereocenters. The number of benzene rings is 2. The van der Waals surface area contributed by atoms with Crippen LogP contribution in [0.1, 0.15) is 40.2 Å². The summed E-state index contributed by atoms with van der Waals surface area (Å²) in [5.74, 6) is 0.135. The number of hydrogen-bond donors (Lipinski definition) is 2. The molecule has 3 aromatic rings. The first kappa shape index (κ1) is 20.0. The number of nitrogens with zero attached hydrogens (tertiary/aromatic N) is 2. The summed E-state index contributed by atoms with van der Waals surface area (Å²) in [5, 5.41) is 3.28. The van der Waals surface area contributed by atoms with Gasteiger partial charge in [-0.1, -0.05) is 24.3 Å². The summed E-state index contributed by atoms with van der Waals surface area (Å²) in [5.41, 5.74) is 4.61. The lowest BCUT2D eigenvalue weighted by Gasteiger charge is -2.32. The Bertz CT molecular complexity index is 1100. The van der Waals surface area contributed by atoms with Gasteiger partial charge in [0.05, 0.1) is 5.52 Å². The van der Waals surface area contributed by atoms with Crippen molar-refractivity contribution in [3.63, 3.8) is 0 Å².